The second kappa shape index (κ2) is 5.06. The van der Waals surface area contributed by atoms with Gasteiger partial charge in [0.15, 0.2) is 0 Å². The van der Waals surface area contributed by atoms with Crippen molar-refractivity contribution in [3.05, 3.63) is 65.2 Å². The fourth-order valence-corrected chi connectivity index (χ4v) is 2.55. The lowest BCUT2D eigenvalue weighted by atomic mass is 10.0. The highest BCUT2D eigenvalue weighted by Gasteiger charge is 2.10. The van der Waals surface area contributed by atoms with Crippen LogP contribution in [-0.4, -0.2) is 10.1 Å². The van der Waals surface area contributed by atoms with E-state index in [-0.39, 0.29) is 6.61 Å². The number of aliphatic hydroxyl groups excluding tert-OH is 1. The number of aliphatic hydroxyl groups is 1. The number of benzene rings is 2. The van der Waals surface area contributed by atoms with E-state index in [0.717, 1.165) is 33.3 Å². The molecular weight excluding hydrogens is 246 g/mol. The summed E-state index contributed by atoms with van der Waals surface area (Å²) >= 11 is 0. The Kier molecular flexibility index (Phi) is 3.25. The van der Waals surface area contributed by atoms with Crippen molar-refractivity contribution in [1.29, 1.82) is 0 Å². The van der Waals surface area contributed by atoms with Crippen LogP contribution < -0.4 is 0 Å². The topological polar surface area (TPSA) is 33.1 Å². The minimum Gasteiger partial charge on any atom is -0.392 e. The van der Waals surface area contributed by atoms with E-state index in [1.807, 2.05) is 30.3 Å². The Balaban J connectivity index is 2.31. The van der Waals surface area contributed by atoms with E-state index in [0.29, 0.717) is 0 Å². The maximum Gasteiger partial charge on any atom is 0.0765 e. The van der Waals surface area contributed by atoms with Crippen LogP contribution in [0.3, 0.4) is 0 Å². The first-order valence-corrected chi connectivity index (χ1v) is 6.76. The molecule has 0 unspecified atom stereocenters. The van der Waals surface area contributed by atoms with Gasteiger partial charge in [0, 0.05) is 16.5 Å². The zero-order chi connectivity index (χ0) is 14.1. The third-order valence-corrected chi connectivity index (χ3v) is 3.59. The van der Waals surface area contributed by atoms with Crippen molar-refractivity contribution in [1.82, 2.24) is 4.98 Å². The van der Waals surface area contributed by atoms with Crippen molar-refractivity contribution in [3.63, 3.8) is 0 Å². The second-order valence-corrected chi connectivity index (χ2v) is 5.17. The van der Waals surface area contributed by atoms with E-state index in [2.05, 4.69) is 32.0 Å². The first-order chi connectivity index (χ1) is 9.69. The van der Waals surface area contributed by atoms with Gasteiger partial charge in [0.2, 0.25) is 0 Å². The molecule has 100 valence electrons. The summed E-state index contributed by atoms with van der Waals surface area (Å²) in [6.45, 7) is 4.13. The monoisotopic (exact) mass is 263 g/mol. The van der Waals surface area contributed by atoms with Gasteiger partial charge in [0.1, 0.15) is 0 Å². The molecule has 3 aromatic rings. The average molecular weight is 263 g/mol. The number of aryl methyl sites for hydroxylation is 2. The molecule has 0 aliphatic carbocycles. The molecule has 3 rings (SSSR count). The summed E-state index contributed by atoms with van der Waals surface area (Å²) in [5.74, 6) is 0. The SMILES string of the molecule is Cc1cccc(-c2nc3c(C)cccc3cc2CO)c1. The number of nitrogens with zero attached hydrogens (tertiary/aromatic N) is 1. The lowest BCUT2D eigenvalue weighted by Crippen LogP contribution is -1.96. The van der Waals surface area contributed by atoms with E-state index < -0.39 is 0 Å². The summed E-state index contributed by atoms with van der Waals surface area (Å²) in [7, 11) is 0. The maximum absolute atomic E-state index is 9.64. The van der Waals surface area contributed by atoms with Gasteiger partial charge in [-0.1, -0.05) is 42.0 Å². The van der Waals surface area contributed by atoms with Gasteiger partial charge in [0.25, 0.3) is 0 Å². The Morgan fingerprint density at radius 2 is 1.80 bits per heavy atom. The van der Waals surface area contributed by atoms with Gasteiger partial charge in [-0.15, -0.1) is 0 Å². The summed E-state index contributed by atoms with van der Waals surface area (Å²) in [6.07, 6.45) is 0. The van der Waals surface area contributed by atoms with E-state index >= 15 is 0 Å². The van der Waals surface area contributed by atoms with Crippen LogP contribution in [0.15, 0.2) is 48.5 Å². The minimum atomic E-state index is 0.000156. The molecule has 2 heteroatoms. The molecular formula is C18H17NO. The van der Waals surface area contributed by atoms with Gasteiger partial charge in [-0.2, -0.15) is 0 Å². The highest BCUT2D eigenvalue weighted by Crippen LogP contribution is 2.27. The van der Waals surface area contributed by atoms with Crippen LogP contribution in [0.2, 0.25) is 0 Å². The fourth-order valence-electron chi connectivity index (χ4n) is 2.55. The van der Waals surface area contributed by atoms with Crippen LogP contribution in [0, 0.1) is 13.8 Å². The summed E-state index contributed by atoms with van der Waals surface area (Å²) in [5, 5.41) is 10.7. The van der Waals surface area contributed by atoms with Gasteiger partial charge in [-0.05, 0) is 31.5 Å². The van der Waals surface area contributed by atoms with Crippen molar-refractivity contribution in [2.24, 2.45) is 0 Å². The molecule has 0 spiro atoms. The summed E-state index contributed by atoms with van der Waals surface area (Å²) in [5.41, 5.74) is 6.14. The molecule has 1 aromatic heterocycles. The van der Waals surface area contributed by atoms with Crippen molar-refractivity contribution in [2.45, 2.75) is 20.5 Å². The predicted molar refractivity (Wildman–Crippen MR) is 82.6 cm³/mol. The van der Waals surface area contributed by atoms with Gasteiger partial charge in [-0.3, -0.25) is 0 Å². The summed E-state index contributed by atoms with van der Waals surface area (Å²) in [4.78, 5) is 4.80. The second-order valence-electron chi connectivity index (χ2n) is 5.17. The van der Waals surface area contributed by atoms with E-state index in [1.54, 1.807) is 0 Å². The smallest absolute Gasteiger partial charge is 0.0765 e. The molecule has 0 saturated heterocycles. The Morgan fingerprint density at radius 1 is 1.00 bits per heavy atom. The number of aromatic nitrogens is 1. The summed E-state index contributed by atoms with van der Waals surface area (Å²) < 4.78 is 0. The highest BCUT2D eigenvalue weighted by atomic mass is 16.3. The minimum absolute atomic E-state index is 0.000156. The van der Waals surface area contributed by atoms with E-state index in [1.165, 1.54) is 5.56 Å². The van der Waals surface area contributed by atoms with Crippen LogP contribution in [0.5, 0.6) is 0 Å². The molecule has 2 aromatic carbocycles. The Labute approximate surface area is 118 Å². The third kappa shape index (κ3) is 2.19. The van der Waals surface area contributed by atoms with Crippen molar-refractivity contribution in [2.75, 3.05) is 0 Å². The first-order valence-electron chi connectivity index (χ1n) is 6.76. The average Bonchev–Trinajstić information content (AvgIpc) is 2.46. The van der Waals surface area contributed by atoms with E-state index in [4.69, 9.17) is 4.98 Å². The van der Waals surface area contributed by atoms with Gasteiger partial charge < -0.3 is 5.11 Å². The van der Waals surface area contributed by atoms with Crippen LogP contribution in [0.25, 0.3) is 22.2 Å². The van der Waals surface area contributed by atoms with Gasteiger partial charge in [0.05, 0.1) is 17.8 Å². The van der Waals surface area contributed by atoms with Crippen molar-refractivity contribution in [3.8, 4) is 11.3 Å². The maximum atomic E-state index is 9.64. The third-order valence-electron chi connectivity index (χ3n) is 3.59. The predicted octanol–water partition coefficient (Wildman–Crippen LogP) is 4.01. The number of para-hydroxylation sites is 1. The van der Waals surface area contributed by atoms with Crippen molar-refractivity contribution >= 4 is 10.9 Å². The molecule has 2 nitrogen and oxygen atoms in total. The fraction of sp³-hybridized carbons (Fsp3) is 0.167. The molecule has 1 heterocycles. The Hall–Kier alpha value is -2.19. The number of fused-ring (bicyclic) bond motifs is 1. The molecule has 1 N–H and O–H groups in total. The standard InChI is InChI=1S/C18H17NO/c1-12-5-3-7-14(9-12)18-16(11-20)10-15-8-4-6-13(2)17(15)19-18/h3-10,20H,11H2,1-2H3. The van der Waals surface area contributed by atoms with Crippen molar-refractivity contribution < 1.29 is 5.11 Å². The first kappa shape index (κ1) is 12.8. The normalized spacial score (nSPS) is 10.9. The number of pyridine rings is 1. The molecule has 0 aliphatic rings. The highest BCUT2D eigenvalue weighted by molar-refractivity contribution is 5.85. The van der Waals surface area contributed by atoms with Crippen LogP contribution in [0.4, 0.5) is 0 Å². The van der Waals surface area contributed by atoms with E-state index in [9.17, 15) is 5.11 Å². The molecule has 0 amide bonds. The summed E-state index contributed by atoms with van der Waals surface area (Å²) in [6, 6.07) is 16.4. The molecule has 0 atom stereocenters. The number of hydrogen-bond acceptors (Lipinski definition) is 2. The molecule has 0 saturated carbocycles. The van der Waals surface area contributed by atoms with Crippen LogP contribution in [-0.2, 0) is 6.61 Å². The molecule has 0 fully saturated rings. The quantitative estimate of drug-likeness (QED) is 0.757. The molecule has 0 bridgehead atoms. The van der Waals surface area contributed by atoms with Gasteiger partial charge in [-0.25, -0.2) is 4.98 Å². The Morgan fingerprint density at radius 3 is 2.55 bits per heavy atom. The molecule has 0 aliphatic heterocycles. The van der Waals surface area contributed by atoms with Crippen LogP contribution >= 0.6 is 0 Å². The molecule has 20 heavy (non-hydrogen) atoms. The zero-order valence-corrected chi connectivity index (χ0v) is 11.7. The number of rotatable bonds is 2. The zero-order valence-electron chi connectivity index (χ0n) is 11.7. The largest absolute Gasteiger partial charge is 0.392 e. The lowest BCUT2D eigenvalue weighted by molar-refractivity contribution is 0.282. The van der Waals surface area contributed by atoms with Gasteiger partial charge >= 0.3 is 0 Å². The lowest BCUT2D eigenvalue weighted by Gasteiger charge is -2.11. The Bertz CT molecular complexity index is 777. The number of hydrogen-bond donors (Lipinski definition) is 1. The van der Waals surface area contributed by atoms with Crippen LogP contribution in [0.1, 0.15) is 16.7 Å². The molecule has 0 radical (unpaired) electrons.